The van der Waals surface area contributed by atoms with Crippen molar-refractivity contribution in [2.24, 2.45) is 0 Å². The van der Waals surface area contributed by atoms with Crippen molar-refractivity contribution in [2.45, 2.75) is 37.1 Å². The van der Waals surface area contributed by atoms with Crippen molar-refractivity contribution in [1.82, 2.24) is 14.6 Å². The van der Waals surface area contributed by atoms with Gasteiger partial charge < -0.3 is 9.80 Å². The minimum absolute atomic E-state index is 0.0919. The molecule has 1 fully saturated rings. The van der Waals surface area contributed by atoms with E-state index >= 15 is 0 Å². The highest BCUT2D eigenvalue weighted by Crippen LogP contribution is 2.33. The highest BCUT2D eigenvalue weighted by molar-refractivity contribution is 7.89. The molecule has 0 saturated carbocycles. The van der Waals surface area contributed by atoms with E-state index in [-0.39, 0.29) is 10.9 Å². The number of nitrogens with one attached hydrogen (secondary N) is 1. The molecular weight excluding hydrogens is 372 g/mol. The predicted octanol–water partition coefficient (Wildman–Crippen LogP) is 1.98. The maximum absolute atomic E-state index is 12.7. The van der Waals surface area contributed by atoms with E-state index in [1.165, 1.54) is 28.6 Å². The SMILES string of the molecule is Cc1ccc(N2CCN(C)CC2)c2c1CC[C@@H](NS(=O)(=O)c1cccnc1)C2. The van der Waals surface area contributed by atoms with E-state index in [1.807, 2.05) is 0 Å². The molecule has 7 heteroatoms. The fourth-order valence-electron chi connectivity index (χ4n) is 4.28. The molecule has 4 rings (SSSR count). The number of aryl methyl sites for hydroxylation is 1. The smallest absolute Gasteiger partial charge is 0.242 e. The zero-order valence-corrected chi connectivity index (χ0v) is 17.4. The standard InChI is InChI=1S/C21H28N4O2S/c1-16-5-8-21(25-12-10-24(2)11-13-25)20-14-17(6-7-19(16)20)23-28(26,27)18-4-3-9-22-15-18/h3-5,8-9,15,17,23H,6-7,10-14H2,1-2H3/t17-/m1/s1. The van der Waals surface area contributed by atoms with E-state index in [1.54, 1.807) is 18.3 Å². The molecule has 0 bridgehead atoms. The normalized spacial score (nSPS) is 20.8. The lowest BCUT2D eigenvalue weighted by atomic mass is 9.84. The van der Waals surface area contributed by atoms with Crippen molar-refractivity contribution >= 4 is 15.7 Å². The van der Waals surface area contributed by atoms with Gasteiger partial charge in [-0.25, -0.2) is 13.1 Å². The molecule has 1 aromatic heterocycles. The van der Waals surface area contributed by atoms with Crippen LogP contribution in [0.3, 0.4) is 0 Å². The molecule has 1 atom stereocenters. The molecule has 150 valence electrons. The Bertz CT molecular complexity index is 938. The molecule has 1 aromatic carbocycles. The molecule has 1 aliphatic heterocycles. The summed E-state index contributed by atoms with van der Waals surface area (Å²) in [6.07, 6.45) is 5.45. The van der Waals surface area contributed by atoms with Crippen LogP contribution in [0.25, 0.3) is 0 Å². The number of hydrogen-bond acceptors (Lipinski definition) is 5. The Labute approximate surface area is 167 Å². The second kappa shape index (κ2) is 7.81. The van der Waals surface area contributed by atoms with Gasteiger partial charge in [0, 0.05) is 50.3 Å². The van der Waals surface area contributed by atoms with Crippen LogP contribution < -0.4 is 9.62 Å². The highest BCUT2D eigenvalue weighted by atomic mass is 32.2. The van der Waals surface area contributed by atoms with Crippen LogP contribution in [0.1, 0.15) is 23.1 Å². The number of anilines is 1. The Morgan fingerprint density at radius 2 is 1.89 bits per heavy atom. The molecule has 2 heterocycles. The van der Waals surface area contributed by atoms with Gasteiger partial charge in [-0.3, -0.25) is 4.98 Å². The van der Waals surface area contributed by atoms with Gasteiger partial charge in [-0.15, -0.1) is 0 Å². The van der Waals surface area contributed by atoms with Crippen molar-refractivity contribution in [2.75, 3.05) is 38.1 Å². The van der Waals surface area contributed by atoms with Gasteiger partial charge in [0.1, 0.15) is 4.90 Å². The molecule has 28 heavy (non-hydrogen) atoms. The van der Waals surface area contributed by atoms with Crippen LogP contribution in [0.2, 0.25) is 0 Å². The summed E-state index contributed by atoms with van der Waals surface area (Å²) >= 11 is 0. The molecule has 0 unspecified atom stereocenters. The summed E-state index contributed by atoms with van der Waals surface area (Å²) in [6.45, 7) is 6.29. The summed E-state index contributed by atoms with van der Waals surface area (Å²) in [5.74, 6) is 0. The van der Waals surface area contributed by atoms with Crippen molar-refractivity contribution < 1.29 is 8.42 Å². The molecule has 1 saturated heterocycles. The number of hydrogen-bond donors (Lipinski definition) is 1. The number of piperazine rings is 1. The quantitative estimate of drug-likeness (QED) is 0.850. The third kappa shape index (κ3) is 3.92. The highest BCUT2D eigenvalue weighted by Gasteiger charge is 2.28. The van der Waals surface area contributed by atoms with Gasteiger partial charge in [-0.2, -0.15) is 0 Å². The van der Waals surface area contributed by atoms with Gasteiger partial charge in [-0.1, -0.05) is 6.07 Å². The first-order chi connectivity index (χ1) is 13.4. The average Bonchev–Trinajstić information content (AvgIpc) is 2.70. The molecule has 1 aliphatic carbocycles. The second-order valence-electron chi connectivity index (χ2n) is 7.90. The predicted molar refractivity (Wildman–Crippen MR) is 111 cm³/mol. The van der Waals surface area contributed by atoms with Gasteiger partial charge in [0.05, 0.1) is 0 Å². The average molecular weight is 401 g/mol. The third-order valence-corrected chi connectivity index (χ3v) is 7.45. The molecule has 2 aliphatic rings. The van der Waals surface area contributed by atoms with E-state index in [4.69, 9.17) is 0 Å². The number of rotatable bonds is 4. The van der Waals surface area contributed by atoms with Gasteiger partial charge in [0.25, 0.3) is 0 Å². The number of pyridine rings is 1. The third-order valence-electron chi connectivity index (χ3n) is 5.94. The topological polar surface area (TPSA) is 65.5 Å². The van der Waals surface area contributed by atoms with Crippen LogP contribution in [0.15, 0.2) is 41.6 Å². The van der Waals surface area contributed by atoms with E-state index in [9.17, 15) is 8.42 Å². The minimum Gasteiger partial charge on any atom is -0.369 e. The van der Waals surface area contributed by atoms with E-state index < -0.39 is 10.0 Å². The zero-order chi connectivity index (χ0) is 19.7. The van der Waals surface area contributed by atoms with Crippen LogP contribution in [0.4, 0.5) is 5.69 Å². The summed E-state index contributed by atoms with van der Waals surface area (Å²) in [5, 5.41) is 0. The molecular formula is C21H28N4O2S. The zero-order valence-electron chi connectivity index (χ0n) is 16.6. The lowest BCUT2D eigenvalue weighted by Gasteiger charge is -2.37. The largest absolute Gasteiger partial charge is 0.369 e. The lowest BCUT2D eigenvalue weighted by molar-refractivity contribution is 0.312. The minimum atomic E-state index is -3.55. The fourth-order valence-corrected chi connectivity index (χ4v) is 5.51. The Kier molecular flexibility index (Phi) is 5.40. The van der Waals surface area contributed by atoms with Crippen LogP contribution in [0, 0.1) is 6.92 Å². The van der Waals surface area contributed by atoms with Crippen molar-refractivity contribution in [3.05, 3.63) is 53.3 Å². The number of benzene rings is 1. The van der Waals surface area contributed by atoms with Crippen molar-refractivity contribution in [3.8, 4) is 0 Å². The maximum atomic E-state index is 12.7. The summed E-state index contributed by atoms with van der Waals surface area (Å²) in [5.41, 5.74) is 5.29. The Hall–Kier alpha value is -1.96. The first kappa shape index (κ1) is 19.4. The number of sulfonamides is 1. The summed E-state index contributed by atoms with van der Waals surface area (Å²) < 4.78 is 28.4. The molecule has 0 radical (unpaired) electrons. The van der Waals surface area contributed by atoms with Crippen LogP contribution in [-0.2, 0) is 22.9 Å². The summed E-state index contributed by atoms with van der Waals surface area (Å²) in [6, 6.07) is 7.58. The Morgan fingerprint density at radius 1 is 1.11 bits per heavy atom. The van der Waals surface area contributed by atoms with E-state index in [0.29, 0.717) is 0 Å². The Morgan fingerprint density at radius 3 is 2.61 bits per heavy atom. The number of aromatic nitrogens is 1. The summed E-state index contributed by atoms with van der Waals surface area (Å²) in [7, 11) is -1.39. The van der Waals surface area contributed by atoms with E-state index in [2.05, 4.69) is 45.6 Å². The fraction of sp³-hybridized carbons (Fsp3) is 0.476. The van der Waals surface area contributed by atoms with Gasteiger partial charge in [-0.05, 0) is 68.1 Å². The molecule has 1 N–H and O–H groups in total. The van der Waals surface area contributed by atoms with Gasteiger partial charge in [0.2, 0.25) is 10.0 Å². The first-order valence-electron chi connectivity index (χ1n) is 9.91. The molecule has 2 aromatic rings. The first-order valence-corrected chi connectivity index (χ1v) is 11.4. The van der Waals surface area contributed by atoms with Crippen LogP contribution in [0.5, 0.6) is 0 Å². The maximum Gasteiger partial charge on any atom is 0.242 e. The number of likely N-dealkylation sites (N-methyl/N-ethyl adjacent to an activating group) is 1. The Balaban J connectivity index is 1.58. The second-order valence-corrected chi connectivity index (χ2v) is 9.61. The van der Waals surface area contributed by atoms with Crippen molar-refractivity contribution in [3.63, 3.8) is 0 Å². The van der Waals surface area contributed by atoms with Gasteiger partial charge in [0.15, 0.2) is 0 Å². The van der Waals surface area contributed by atoms with E-state index in [0.717, 1.165) is 45.4 Å². The van der Waals surface area contributed by atoms with Crippen LogP contribution >= 0.6 is 0 Å². The van der Waals surface area contributed by atoms with Crippen LogP contribution in [-0.4, -0.2) is 57.6 Å². The molecule has 0 amide bonds. The summed E-state index contributed by atoms with van der Waals surface area (Å²) in [4.78, 5) is 8.97. The number of fused-ring (bicyclic) bond motifs is 1. The monoisotopic (exact) mass is 400 g/mol. The number of nitrogens with zero attached hydrogens (tertiary/aromatic N) is 3. The van der Waals surface area contributed by atoms with Gasteiger partial charge >= 0.3 is 0 Å². The molecule has 0 spiro atoms. The van der Waals surface area contributed by atoms with Crippen molar-refractivity contribution in [1.29, 1.82) is 0 Å². The lowest BCUT2D eigenvalue weighted by Crippen LogP contribution is -2.45. The molecule has 6 nitrogen and oxygen atoms in total.